The number of carbonyl (C=O) groups is 2. The largest absolute Gasteiger partial charge is 0.477 e. The van der Waals surface area contributed by atoms with Gasteiger partial charge < -0.3 is 21.5 Å². The molecule has 7 heteroatoms. The number of carbonyl (C=O) groups excluding carboxylic acids is 1. The summed E-state index contributed by atoms with van der Waals surface area (Å²) >= 11 is 0. The van der Waals surface area contributed by atoms with Gasteiger partial charge in [-0.2, -0.15) is 0 Å². The number of rotatable bonds is 6. The van der Waals surface area contributed by atoms with Gasteiger partial charge >= 0.3 is 5.97 Å². The summed E-state index contributed by atoms with van der Waals surface area (Å²) in [4.78, 5) is 26.1. The van der Waals surface area contributed by atoms with Crippen LogP contribution in [0.3, 0.4) is 0 Å². The lowest BCUT2D eigenvalue weighted by Gasteiger charge is -2.10. The number of aromatic carboxylic acids is 1. The molecule has 0 fully saturated rings. The van der Waals surface area contributed by atoms with Crippen LogP contribution in [0.2, 0.25) is 0 Å². The fourth-order valence-corrected chi connectivity index (χ4v) is 1.28. The second kappa shape index (κ2) is 6.58. The molecule has 5 N–H and O–H groups in total. The minimum absolute atomic E-state index is 0.00695. The van der Waals surface area contributed by atoms with Gasteiger partial charge in [0, 0.05) is 6.54 Å². The summed E-state index contributed by atoms with van der Waals surface area (Å²) in [6.45, 7) is 4.55. The molecule has 0 spiro atoms. The molecule has 19 heavy (non-hydrogen) atoms. The smallest absolute Gasteiger partial charge is 0.354 e. The number of carboxylic acids is 1. The van der Waals surface area contributed by atoms with Gasteiger partial charge in [-0.25, -0.2) is 9.78 Å². The molecule has 0 aliphatic heterocycles. The first-order chi connectivity index (χ1) is 8.90. The average molecular weight is 266 g/mol. The van der Waals surface area contributed by atoms with Gasteiger partial charge in [0.1, 0.15) is 0 Å². The zero-order valence-electron chi connectivity index (χ0n) is 10.9. The Balaban J connectivity index is 2.59. The number of amides is 1. The number of nitrogen functional groups attached to an aromatic ring is 1. The zero-order chi connectivity index (χ0) is 14.4. The van der Waals surface area contributed by atoms with Crippen LogP contribution in [0, 0.1) is 5.92 Å². The van der Waals surface area contributed by atoms with Crippen molar-refractivity contribution in [2.24, 2.45) is 5.92 Å². The lowest BCUT2D eigenvalue weighted by molar-refractivity contribution is -0.119. The van der Waals surface area contributed by atoms with E-state index in [0.29, 0.717) is 18.2 Å². The van der Waals surface area contributed by atoms with Gasteiger partial charge in [0.15, 0.2) is 11.5 Å². The third-order valence-electron chi connectivity index (χ3n) is 2.27. The molecular weight excluding hydrogens is 248 g/mol. The molecule has 0 saturated heterocycles. The molecule has 0 atom stereocenters. The van der Waals surface area contributed by atoms with Crippen LogP contribution in [0.15, 0.2) is 12.1 Å². The Morgan fingerprint density at radius 1 is 1.42 bits per heavy atom. The molecule has 1 aromatic rings. The Morgan fingerprint density at radius 3 is 2.68 bits per heavy atom. The molecule has 1 amide bonds. The Hall–Kier alpha value is -2.31. The van der Waals surface area contributed by atoms with Gasteiger partial charge in [-0.3, -0.25) is 4.79 Å². The molecule has 0 aliphatic carbocycles. The van der Waals surface area contributed by atoms with Crippen LogP contribution < -0.4 is 16.4 Å². The number of anilines is 2. The van der Waals surface area contributed by atoms with E-state index < -0.39 is 5.97 Å². The van der Waals surface area contributed by atoms with Crippen LogP contribution >= 0.6 is 0 Å². The number of nitrogens with two attached hydrogens (primary N) is 1. The molecule has 1 aromatic heterocycles. The predicted octanol–water partition coefficient (Wildman–Crippen LogP) is 0.546. The normalized spacial score (nSPS) is 10.3. The maximum absolute atomic E-state index is 11.5. The summed E-state index contributed by atoms with van der Waals surface area (Å²) in [6, 6.07) is 2.74. The van der Waals surface area contributed by atoms with Crippen molar-refractivity contribution in [1.29, 1.82) is 0 Å². The first kappa shape index (κ1) is 14.7. The van der Waals surface area contributed by atoms with Gasteiger partial charge in [0.2, 0.25) is 5.91 Å². The summed E-state index contributed by atoms with van der Waals surface area (Å²) in [5.74, 6) is -0.787. The molecule has 0 aliphatic rings. The number of aromatic nitrogens is 1. The summed E-state index contributed by atoms with van der Waals surface area (Å²) in [6.07, 6.45) is 0. The van der Waals surface area contributed by atoms with Crippen LogP contribution in [0.5, 0.6) is 0 Å². The standard InChI is InChI=1S/C12H18N4O3/c1-7(2)5-14-10(17)6-15-11-8(13)3-4-9(16-11)12(18)19/h3-4,7H,5-6,13H2,1-2H3,(H,14,17)(H,15,16)(H,18,19). The fourth-order valence-electron chi connectivity index (χ4n) is 1.28. The Kier molecular flexibility index (Phi) is 5.11. The van der Waals surface area contributed by atoms with Crippen molar-refractivity contribution in [2.75, 3.05) is 24.1 Å². The van der Waals surface area contributed by atoms with Gasteiger partial charge in [0.05, 0.1) is 12.2 Å². The Morgan fingerprint density at radius 2 is 2.11 bits per heavy atom. The lowest BCUT2D eigenvalue weighted by atomic mass is 10.2. The molecule has 104 valence electrons. The summed E-state index contributed by atoms with van der Waals surface area (Å²) in [7, 11) is 0. The van der Waals surface area contributed by atoms with E-state index in [2.05, 4.69) is 15.6 Å². The highest BCUT2D eigenvalue weighted by atomic mass is 16.4. The topological polar surface area (TPSA) is 117 Å². The molecule has 0 saturated carbocycles. The molecule has 0 radical (unpaired) electrons. The van der Waals surface area contributed by atoms with Crippen molar-refractivity contribution in [3.8, 4) is 0 Å². The van der Waals surface area contributed by atoms with Gasteiger partial charge in [-0.1, -0.05) is 13.8 Å². The maximum atomic E-state index is 11.5. The van der Waals surface area contributed by atoms with E-state index in [-0.39, 0.29) is 24.0 Å². The maximum Gasteiger partial charge on any atom is 0.354 e. The van der Waals surface area contributed by atoms with Crippen LogP contribution in [0.25, 0.3) is 0 Å². The number of hydrogen-bond donors (Lipinski definition) is 4. The zero-order valence-corrected chi connectivity index (χ0v) is 10.9. The Labute approximate surface area is 111 Å². The van der Waals surface area contributed by atoms with Gasteiger partial charge in [0.25, 0.3) is 0 Å². The number of pyridine rings is 1. The van der Waals surface area contributed by atoms with Crippen molar-refractivity contribution < 1.29 is 14.7 Å². The summed E-state index contributed by atoms with van der Waals surface area (Å²) < 4.78 is 0. The summed E-state index contributed by atoms with van der Waals surface area (Å²) in [5.41, 5.74) is 5.82. The van der Waals surface area contributed by atoms with E-state index in [4.69, 9.17) is 10.8 Å². The molecule has 1 heterocycles. The van der Waals surface area contributed by atoms with Crippen LogP contribution in [-0.2, 0) is 4.79 Å². The minimum atomic E-state index is -1.15. The molecular formula is C12H18N4O3. The fraction of sp³-hybridized carbons (Fsp3) is 0.417. The second-order valence-electron chi connectivity index (χ2n) is 4.49. The highest BCUT2D eigenvalue weighted by Gasteiger charge is 2.09. The number of nitrogens with one attached hydrogen (secondary N) is 2. The first-order valence-corrected chi connectivity index (χ1v) is 5.90. The highest BCUT2D eigenvalue weighted by Crippen LogP contribution is 2.15. The van der Waals surface area contributed by atoms with Crippen LogP contribution in [0.1, 0.15) is 24.3 Å². The van der Waals surface area contributed by atoms with Crippen molar-refractivity contribution in [3.05, 3.63) is 17.8 Å². The molecule has 0 bridgehead atoms. The minimum Gasteiger partial charge on any atom is -0.477 e. The van der Waals surface area contributed by atoms with Crippen LogP contribution in [0.4, 0.5) is 11.5 Å². The second-order valence-corrected chi connectivity index (χ2v) is 4.49. The number of hydrogen-bond acceptors (Lipinski definition) is 5. The quantitative estimate of drug-likeness (QED) is 0.597. The molecule has 0 aromatic carbocycles. The Bertz CT molecular complexity index is 474. The van der Waals surface area contributed by atoms with E-state index >= 15 is 0 Å². The van der Waals surface area contributed by atoms with E-state index in [9.17, 15) is 9.59 Å². The van der Waals surface area contributed by atoms with E-state index in [1.54, 1.807) is 0 Å². The van der Waals surface area contributed by atoms with Gasteiger partial charge in [-0.05, 0) is 18.1 Å². The monoisotopic (exact) mass is 266 g/mol. The number of carboxylic acid groups (broad SMARTS) is 1. The van der Waals surface area contributed by atoms with Crippen LogP contribution in [-0.4, -0.2) is 35.1 Å². The molecule has 1 rings (SSSR count). The van der Waals surface area contributed by atoms with Crippen molar-refractivity contribution in [3.63, 3.8) is 0 Å². The van der Waals surface area contributed by atoms with E-state index in [0.717, 1.165) is 0 Å². The van der Waals surface area contributed by atoms with Gasteiger partial charge in [-0.15, -0.1) is 0 Å². The third kappa shape index (κ3) is 4.82. The van der Waals surface area contributed by atoms with E-state index in [1.807, 2.05) is 13.8 Å². The highest BCUT2D eigenvalue weighted by molar-refractivity contribution is 5.87. The van der Waals surface area contributed by atoms with E-state index in [1.165, 1.54) is 12.1 Å². The first-order valence-electron chi connectivity index (χ1n) is 5.90. The molecule has 7 nitrogen and oxygen atoms in total. The van der Waals surface area contributed by atoms with Crippen molar-refractivity contribution in [1.82, 2.24) is 10.3 Å². The van der Waals surface area contributed by atoms with Crippen molar-refractivity contribution >= 4 is 23.4 Å². The third-order valence-corrected chi connectivity index (χ3v) is 2.27. The number of nitrogens with zero attached hydrogens (tertiary/aromatic N) is 1. The average Bonchev–Trinajstić information content (AvgIpc) is 2.35. The van der Waals surface area contributed by atoms with Crippen molar-refractivity contribution in [2.45, 2.75) is 13.8 Å². The lowest BCUT2D eigenvalue weighted by Crippen LogP contribution is -2.32. The summed E-state index contributed by atoms with van der Waals surface area (Å²) in [5, 5.41) is 14.3. The SMILES string of the molecule is CC(C)CNC(=O)CNc1nc(C(=O)O)ccc1N. The molecule has 0 unspecified atom stereocenters. The predicted molar refractivity (Wildman–Crippen MR) is 71.9 cm³/mol.